The van der Waals surface area contributed by atoms with Gasteiger partial charge in [-0.1, -0.05) is 45.4 Å². The van der Waals surface area contributed by atoms with Crippen LogP contribution in [0, 0.1) is 35.0 Å². The number of carbonyl (C=O) groups is 2. The lowest BCUT2D eigenvalue weighted by Crippen LogP contribution is -2.43. The van der Waals surface area contributed by atoms with Crippen LogP contribution in [0.15, 0.2) is 0 Å². The van der Waals surface area contributed by atoms with Gasteiger partial charge in [-0.15, -0.1) is 0 Å². The van der Waals surface area contributed by atoms with Crippen LogP contribution in [0.2, 0.25) is 0 Å². The first-order valence-corrected chi connectivity index (χ1v) is 12.6. The zero-order valence-electron chi connectivity index (χ0n) is 19.2. The molecule has 0 amide bonds. The molecule has 0 N–H and O–H groups in total. The van der Waals surface area contributed by atoms with Crippen LogP contribution in [-0.2, 0) is 14.3 Å². The normalized spacial score (nSPS) is 38.6. The Morgan fingerprint density at radius 2 is 1.45 bits per heavy atom. The first kappa shape index (κ1) is 22.8. The van der Waals surface area contributed by atoms with Gasteiger partial charge in [0.05, 0.1) is 7.11 Å². The Morgan fingerprint density at radius 3 is 1.97 bits per heavy atom. The monoisotopic (exact) mass is 404 g/mol. The summed E-state index contributed by atoms with van der Waals surface area (Å²) < 4.78 is 4.90. The third kappa shape index (κ3) is 5.44. The van der Waals surface area contributed by atoms with Crippen molar-refractivity contribution in [3.8, 4) is 0 Å². The molecule has 0 saturated heterocycles. The number of hydrogen-bond acceptors (Lipinski definition) is 3. The molecule has 3 rings (SSSR count). The van der Waals surface area contributed by atoms with Crippen molar-refractivity contribution in [2.24, 2.45) is 35.0 Å². The van der Waals surface area contributed by atoms with Gasteiger partial charge in [-0.05, 0) is 87.9 Å². The molecule has 3 saturated carbocycles. The number of Topliss-reactive ketones (excluding diaryl/α,β-unsaturated/α-hetero) is 1. The second-order valence-corrected chi connectivity index (χ2v) is 10.7. The standard InChI is InChI=1S/C26H44O3/c1-4-5-6-7-19-8-10-20(11-9-19)21-12-14-22(15-13-21)23-16-17-26(2,24(27)18-23)25(28)29-3/h19-23H,4-18H2,1-3H3/t19?,20?,21?,22?,23?,26-/m0/s1. The van der Waals surface area contributed by atoms with E-state index >= 15 is 0 Å². The molecule has 166 valence electrons. The van der Waals surface area contributed by atoms with Crippen molar-refractivity contribution in [2.45, 2.75) is 110 Å². The predicted octanol–water partition coefficient (Wildman–Crippen LogP) is 6.73. The van der Waals surface area contributed by atoms with Crippen LogP contribution in [0.3, 0.4) is 0 Å². The van der Waals surface area contributed by atoms with Gasteiger partial charge in [-0.25, -0.2) is 0 Å². The number of ketones is 1. The number of esters is 1. The molecule has 0 spiro atoms. The van der Waals surface area contributed by atoms with E-state index in [0.29, 0.717) is 24.7 Å². The summed E-state index contributed by atoms with van der Waals surface area (Å²) in [5.74, 6) is 3.88. The Balaban J connectivity index is 1.40. The number of hydrogen-bond donors (Lipinski definition) is 0. The number of carbonyl (C=O) groups excluding carboxylic acids is 2. The van der Waals surface area contributed by atoms with E-state index in [2.05, 4.69) is 6.92 Å². The Hall–Kier alpha value is -0.860. The number of rotatable bonds is 7. The Kier molecular flexibility index (Phi) is 8.22. The highest BCUT2D eigenvalue weighted by molar-refractivity contribution is 6.03. The van der Waals surface area contributed by atoms with Gasteiger partial charge in [0.25, 0.3) is 0 Å². The summed E-state index contributed by atoms with van der Waals surface area (Å²) in [4.78, 5) is 24.8. The number of methoxy groups -OCH3 is 1. The molecule has 0 aromatic heterocycles. The average Bonchev–Trinajstić information content (AvgIpc) is 2.76. The zero-order valence-corrected chi connectivity index (χ0v) is 19.2. The third-order valence-corrected chi connectivity index (χ3v) is 8.97. The predicted molar refractivity (Wildman–Crippen MR) is 118 cm³/mol. The summed E-state index contributed by atoms with van der Waals surface area (Å²) in [6, 6.07) is 0. The van der Waals surface area contributed by atoms with Gasteiger partial charge in [0.2, 0.25) is 0 Å². The minimum Gasteiger partial charge on any atom is -0.468 e. The summed E-state index contributed by atoms with van der Waals surface area (Å²) in [5, 5.41) is 0. The number of ether oxygens (including phenoxy) is 1. The minimum absolute atomic E-state index is 0.115. The molecular weight excluding hydrogens is 360 g/mol. The van der Waals surface area contributed by atoms with Crippen molar-refractivity contribution in [2.75, 3.05) is 7.11 Å². The highest BCUT2D eigenvalue weighted by Gasteiger charge is 2.47. The van der Waals surface area contributed by atoms with Crippen LogP contribution in [0.4, 0.5) is 0 Å². The average molecular weight is 405 g/mol. The fourth-order valence-electron chi connectivity index (χ4n) is 6.74. The molecule has 2 atom stereocenters. The van der Waals surface area contributed by atoms with Crippen LogP contribution < -0.4 is 0 Å². The van der Waals surface area contributed by atoms with E-state index in [-0.39, 0.29) is 11.8 Å². The zero-order chi connectivity index (χ0) is 20.9. The van der Waals surface area contributed by atoms with Crippen molar-refractivity contribution in [3.63, 3.8) is 0 Å². The molecule has 0 heterocycles. The maximum Gasteiger partial charge on any atom is 0.319 e. The van der Waals surface area contributed by atoms with Crippen molar-refractivity contribution >= 4 is 11.8 Å². The van der Waals surface area contributed by atoms with Crippen molar-refractivity contribution in [1.29, 1.82) is 0 Å². The second-order valence-electron chi connectivity index (χ2n) is 10.7. The van der Waals surface area contributed by atoms with Gasteiger partial charge in [0.15, 0.2) is 0 Å². The molecule has 29 heavy (non-hydrogen) atoms. The smallest absolute Gasteiger partial charge is 0.319 e. The van der Waals surface area contributed by atoms with Crippen molar-refractivity contribution < 1.29 is 14.3 Å². The molecule has 3 aliphatic rings. The molecule has 3 fully saturated rings. The van der Waals surface area contributed by atoms with E-state index < -0.39 is 5.41 Å². The maximum absolute atomic E-state index is 12.7. The first-order chi connectivity index (χ1) is 14.0. The van der Waals surface area contributed by atoms with Crippen molar-refractivity contribution in [1.82, 2.24) is 0 Å². The molecule has 0 aromatic rings. The molecule has 1 unspecified atom stereocenters. The van der Waals surface area contributed by atoms with Crippen LogP contribution in [0.1, 0.15) is 110 Å². The van der Waals surface area contributed by atoms with Gasteiger partial charge < -0.3 is 4.74 Å². The van der Waals surface area contributed by atoms with E-state index in [1.165, 1.54) is 84.2 Å². The van der Waals surface area contributed by atoms with E-state index in [1.807, 2.05) is 0 Å². The van der Waals surface area contributed by atoms with Crippen LogP contribution in [-0.4, -0.2) is 18.9 Å². The van der Waals surface area contributed by atoms with E-state index in [4.69, 9.17) is 4.74 Å². The molecule has 3 aliphatic carbocycles. The fraction of sp³-hybridized carbons (Fsp3) is 0.923. The molecule has 0 aliphatic heterocycles. The Morgan fingerprint density at radius 1 is 0.897 bits per heavy atom. The molecule has 3 nitrogen and oxygen atoms in total. The van der Waals surface area contributed by atoms with Gasteiger partial charge >= 0.3 is 5.97 Å². The third-order valence-electron chi connectivity index (χ3n) is 8.97. The first-order valence-electron chi connectivity index (χ1n) is 12.6. The molecular formula is C26H44O3. The number of unbranched alkanes of at least 4 members (excludes halogenated alkanes) is 2. The lowest BCUT2D eigenvalue weighted by atomic mass is 9.62. The second kappa shape index (κ2) is 10.4. The topological polar surface area (TPSA) is 43.4 Å². The largest absolute Gasteiger partial charge is 0.468 e. The van der Waals surface area contributed by atoms with E-state index in [9.17, 15) is 9.59 Å². The van der Waals surface area contributed by atoms with Crippen molar-refractivity contribution in [3.05, 3.63) is 0 Å². The maximum atomic E-state index is 12.7. The SMILES string of the molecule is CCCCCC1CCC(C2CCC(C3CC[C@](C)(C(=O)OC)C(=O)C3)CC2)CC1. The van der Waals surface area contributed by atoms with Gasteiger partial charge in [-0.2, -0.15) is 0 Å². The van der Waals surface area contributed by atoms with Crippen LogP contribution >= 0.6 is 0 Å². The lowest BCUT2D eigenvalue weighted by molar-refractivity contribution is -0.160. The summed E-state index contributed by atoms with van der Waals surface area (Å²) >= 11 is 0. The van der Waals surface area contributed by atoms with E-state index in [1.54, 1.807) is 6.92 Å². The summed E-state index contributed by atoms with van der Waals surface area (Å²) in [7, 11) is 1.40. The summed E-state index contributed by atoms with van der Waals surface area (Å²) in [6.07, 6.45) is 19.1. The van der Waals surface area contributed by atoms with Gasteiger partial charge in [0, 0.05) is 6.42 Å². The van der Waals surface area contributed by atoms with Crippen LogP contribution in [0.25, 0.3) is 0 Å². The summed E-state index contributed by atoms with van der Waals surface area (Å²) in [6.45, 7) is 4.08. The summed E-state index contributed by atoms with van der Waals surface area (Å²) in [5.41, 5.74) is -0.891. The molecule has 0 aromatic carbocycles. The minimum atomic E-state index is -0.891. The molecule has 0 radical (unpaired) electrons. The van der Waals surface area contributed by atoms with Crippen LogP contribution in [0.5, 0.6) is 0 Å². The van der Waals surface area contributed by atoms with E-state index in [0.717, 1.165) is 24.2 Å². The highest BCUT2D eigenvalue weighted by Crippen LogP contribution is 2.47. The fourth-order valence-corrected chi connectivity index (χ4v) is 6.74. The highest BCUT2D eigenvalue weighted by atomic mass is 16.5. The van der Waals surface area contributed by atoms with Gasteiger partial charge in [-0.3, -0.25) is 9.59 Å². The quantitative estimate of drug-likeness (QED) is 0.268. The molecule has 0 bridgehead atoms. The lowest BCUT2D eigenvalue weighted by Gasteiger charge is -2.42. The van der Waals surface area contributed by atoms with Gasteiger partial charge in [0.1, 0.15) is 11.2 Å². The Labute approximate surface area is 178 Å². The molecule has 3 heteroatoms. The Bertz CT molecular complexity index is 540.